The molecule has 0 bridgehead atoms. The number of thiazole rings is 1. The second-order valence-corrected chi connectivity index (χ2v) is 8.64. The minimum Gasteiger partial charge on any atom is -0.380 e. The largest absolute Gasteiger partial charge is 0.380 e. The van der Waals surface area contributed by atoms with Gasteiger partial charge in [-0.25, -0.2) is 14.8 Å². The average molecular weight is 482 g/mol. The van der Waals surface area contributed by atoms with E-state index in [1.54, 1.807) is 36.7 Å². The number of carbonyl (C=O) groups is 2. The molecule has 0 saturated heterocycles. The van der Waals surface area contributed by atoms with Crippen LogP contribution in [-0.2, 0) is 17.8 Å². The molecule has 3 amide bonds. The van der Waals surface area contributed by atoms with Gasteiger partial charge in [0.15, 0.2) is 5.13 Å². The standard InChI is InChI=1S/C23H27N7O3S/c1-17(33-2)14-30(15-19-6-4-18(12-24)5-7-19)23(32)28-22-27-13-20(34-22)21(31)26-8-3-10-29-11-9-25-16-29/h4-7,9,11,13,16-17H,3,8,10,14-15H2,1-2H3,(H,26,31)(H,27,28,32). The number of carbonyl (C=O) groups excluding carboxylic acids is 2. The Morgan fingerprint density at radius 1 is 1.32 bits per heavy atom. The molecule has 1 atom stereocenters. The van der Waals surface area contributed by atoms with Crippen LogP contribution in [0.25, 0.3) is 0 Å². The summed E-state index contributed by atoms with van der Waals surface area (Å²) in [5, 5.41) is 14.9. The summed E-state index contributed by atoms with van der Waals surface area (Å²) < 4.78 is 7.27. The molecule has 0 aliphatic carbocycles. The van der Waals surface area contributed by atoms with Gasteiger partial charge in [0.05, 0.1) is 30.3 Å². The number of methoxy groups -OCH3 is 1. The number of nitriles is 1. The van der Waals surface area contributed by atoms with Gasteiger partial charge in [0.1, 0.15) is 4.88 Å². The van der Waals surface area contributed by atoms with Gasteiger partial charge in [-0.3, -0.25) is 10.1 Å². The van der Waals surface area contributed by atoms with E-state index < -0.39 is 0 Å². The summed E-state index contributed by atoms with van der Waals surface area (Å²) in [7, 11) is 1.59. The van der Waals surface area contributed by atoms with Gasteiger partial charge in [0.2, 0.25) is 0 Å². The van der Waals surface area contributed by atoms with Crippen molar-refractivity contribution < 1.29 is 14.3 Å². The van der Waals surface area contributed by atoms with Crippen molar-refractivity contribution in [2.45, 2.75) is 32.5 Å². The van der Waals surface area contributed by atoms with Gasteiger partial charge in [-0.1, -0.05) is 23.5 Å². The molecule has 0 radical (unpaired) electrons. The number of urea groups is 1. The normalized spacial score (nSPS) is 11.4. The van der Waals surface area contributed by atoms with Crippen LogP contribution in [0, 0.1) is 11.3 Å². The first-order valence-corrected chi connectivity index (χ1v) is 11.6. The maximum atomic E-state index is 13.0. The number of nitrogens with zero attached hydrogens (tertiary/aromatic N) is 5. The topological polar surface area (TPSA) is 125 Å². The van der Waals surface area contributed by atoms with Crippen molar-refractivity contribution in [1.29, 1.82) is 5.26 Å². The number of imidazole rings is 1. The Hall–Kier alpha value is -3.75. The summed E-state index contributed by atoms with van der Waals surface area (Å²) in [4.78, 5) is 35.5. The first-order chi connectivity index (χ1) is 16.5. The van der Waals surface area contributed by atoms with Crippen molar-refractivity contribution in [3.8, 4) is 6.07 Å². The number of hydrogen-bond acceptors (Lipinski definition) is 7. The van der Waals surface area contributed by atoms with Gasteiger partial charge >= 0.3 is 6.03 Å². The third kappa shape index (κ3) is 7.40. The van der Waals surface area contributed by atoms with Crippen LogP contribution in [0.1, 0.15) is 34.1 Å². The predicted molar refractivity (Wildman–Crippen MR) is 128 cm³/mol. The van der Waals surface area contributed by atoms with Crippen LogP contribution in [0.3, 0.4) is 0 Å². The highest BCUT2D eigenvalue weighted by Gasteiger charge is 2.19. The number of anilines is 1. The van der Waals surface area contributed by atoms with Crippen molar-refractivity contribution in [2.75, 3.05) is 25.5 Å². The predicted octanol–water partition coefficient (Wildman–Crippen LogP) is 3.10. The lowest BCUT2D eigenvalue weighted by atomic mass is 10.1. The van der Waals surface area contributed by atoms with Crippen LogP contribution in [0.15, 0.2) is 49.2 Å². The summed E-state index contributed by atoms with van der Waals surface area (Å²) in [5.41, 5.74) is 1.44. The zero-order valence-corrected chi connectivity index (χ0v) is 19.9. The van der Waals surface area contributed by atoms with Gasteiger partial charge in [-0.05, 0) is 31.0 Å². The number of benzene rings is 1. The Morgan fingerprint density at radius 3 is 2.79 bits per heavy atom. The monoisotopic (exact) mass is 481 g/mol. The molecule has 2 N–H and O–H groups in total. The molecule has 1 unspecified atom stereocenters. The van der Waals surface area contributed by atoms with Gasteiger partial charge in [-0.2, -0.15) is 5.26 Å². The van der Waals surface area contributed by atoms with Crippen LogP contribution in [0.5, 0.6) is 0 Å². The first-order valence-electron chi connectivity index (χ1n) is 10.8. The van der Waals surface area contributed by atoms with E-state index in [9.17, 15) is 9.59 Å². The molecule has 34 heavy (non-hydrogen) atoms. The molecule has 2 aromatic heterocycles. The fraction of sp³-hybridized carbons (Fsp3) is 0.348. The molecule has 10 nitrogen and oxygen atoms in total. The van der Waals surface area contributed by atoms with Crippen molar-refractivity contribution >= 4 is 28.4 Å². The number of hydrogen-bond donors (Lipinski definition) is 2. The SMILES string of the molecule is COC(C)CN(Cc1ccc(C#N)cc1)C(=O)Nc1ncc(C(=O)NCCCn2ccnc2)s1. The molecular formula is C23H27N7O3S. The average Bonchev–Trinajstić information content (AvgIpc) is 3.54. The molecule has 0 aliphatic heterocycles. The lowest BCUT2D eigenvalue weighted by Crippen LogP contribution is -2.39. The van der Waals surface area contributed by atoms with Crippen LogP contribution in [0.4, 0.5) is 9.93 Å². The molecule has 0 saturated carbocycles. The first kappa shape index (κ1) is 24.9. The maximum Gasteiger partial charge on any atom is 0.324 e. The number of ether oxygens (including phenoxy) is 1. The number of nitrogens with one attached hydrogen (secondary N) is 2. The molecule has 0 spiro atoms. The van der Waals surface area contributed by atoms with E-state index in [-0.39, 0.29) is 18.0 Å². The van der Waals surface area contributed by atoms with E-state index in [1.807, 2.05) is 29.8 Å². The Kier molecular flexibility index (Phi) is 9.13. The van der Waals surface area contributed by atoms with Gasteiger partial charge in [0, 0.05) is 45.7 Å². The lowest BCUT2D eigenvalue weighted by molar-refractivity contribution is 0.0862. The summed E-state index contributed by atoms with van der Waals surface area (Å²) in [6.07, 6.45) is 7.37. The molecule has 178 valence electrons. The minimum atomic E-state index is -0.352. The van der Waals surface area contributed by atoms with Crippen molar-refractivity contribution in [3.05, 3.63) is 65.2 Å². The fourth-order valence-electron chi connectivity index (χ4n) is 3.09. The Labute approximate surface area is 202 Å². The summed E-state index contributed by atoms with van der Waals surface area (Å²) in [5.74, 6) is -0.230. The molecular weight excluding hydrogens is 454 g/mol. The lowest BCUT2D eigenvalue weighted by Gasteiger charge is -2.25. The number of rotatable bonds is 11. The van der Waals surface area contributed by atoms with Crippen molar-refractivity contribution in [3.63, 3.8) is 0 Å². The van der Waals surface area contributed by atoms with E-state index in [0.717, 1.165) is 29.9 Å². The van der Waals surface area contributed by atoms with Gasteiger partial charge < -0.3 is 19.5 Å². The van der Waals surface area contributed by atoms with E-state index in [4.69, 9.17) is 10.00 Å². The summed E-state index contributed by atoms with van der Waals surface area (Å²) in [6.45, 7) is 3.85. The third-order valence-electron chi connectivity index (χ3n) is 5.00. The minimum absolute atomic E-state index is 0.177. The second-order valence-electron chi connectivity index (χ2n) is 7.61. The van der Waals surface area contributed by atoms with Gasteiger partial charge in [-0.15, -0.1) is 0 Å². The number of aryl methyl sites for hydroxylation is 1. The summed E-state index contributed by atoms with van der Waals surface area (Å²) in [6, 6.07) is 8.79. The Morgan fingerprint density at radius 2 is 2.12 bits per heavy atom. The third-order valence-corrected chi connectivity index (χ3v) is 5.92. The number of amides is 3. The molecule has 0 aliphatic rings. The fourth-order valence-corrected chi connectivity index (χ4v) is 3.81. The van der Waals surface area contributed by atoms with Crippen LogP contribution < -0.4 is 10.6 Å². The smallest absolute Gasteiger partial charge is 0.324 e. The highest BCUT2D eigenvalue weighted by atomic mass is 32.1. The Bertz CT molecular complexity index is 1110. The molecule has 3 rings (SSSR count). The van der Waals surface area contributed by atoms with E-state index in [0.29, 0.717) is 35.2 Å². The van der Waals surface area contributed by atoms with Crippen LogP contribution >= 0.6 is 11.3 Å². The van der Waals surface area contributed by atoms with Crippen LogP contribution in [0.2, 0.25) is 0 Å². The maximum absolute atomic E-state index is 13.0. The quantitative estimate of drug-likeness (QED) is 0.406. The highest BCUT2D eigenvalue weighted by molar-refractivity contribution is 7.17. The van der Waals surface area contributed by atoms with E-state index in [1.165, 1.54) is 6.20 Å². The number of aromatic nitrogens is 3. The molecule has 1 aromatic carbocycles. The second kappa shape index (κ2) is 12.5. The highest BCUT2D eigenvalue weighted by Crippen LogP contribution is 2.19. The van der Waals surface area contributed by atoms with Crippen LogP contribution in [-0.4, -0.2) is 57.7 Å². The molecule has 11 heteroatoms. The van der Waals surface area contributed by atoms with Gasteiger partial charge in [0.25, 0.3) is 5.91 Å². The van der Waals surface area contributed by atoms with Crippen molar-refractivity contribution in [1.82, 2.24) is 24.8 Å². The summed E-state index contributed by atoms with van der Waals surface area (Å²) >= 11 is 1.11. The van der Waals surface area contributed by atoms with E-state index in [2.05, 4.69) is 26.7 Å². The molecule has 2 heterocycles. The Balaban J connectivity index is 1.55. The zero-order valence-electron chi connectivity index (χ0n) is 19.1. The van der Waals surface area contributed by atoms with Crippen molar-refractivity contribution in [2.24, 2.45) is 0 Å². The van der Waals surface area contributed by atoms with E-state index >= 15 is 0 Å². The molecule has 0 fully saturated rings. The zero-order chi connectivity index (χ0) is 24.3. The molecule has 3 aromatic rings.